The molecule has 13 heteroatoms. The molecule has 0 aromatic heterocycles. The summed E-state index contributed by atoms with van der Waals surface area (Å²) in [4.78, 5) is 27.9. The summed E-state index contributed by atoms with van der Waals surface area (Å²) < 4.78 is 64.6. The largest absolute Gasteiger partial charge is 0.406 e. The Morgan fingerprint density at radius 3 is 2.39 bits per heavy atom. The molecule has 2 rings (SSSR count). The number of hydroxylamine groups is 1. The van der Waals surface area contributed by atoms with Crippen LogP contribution in [0.15, 0.2) is 53.4 Å². The van der Waals surface area contributed by atoms with Gasteiger partial charge < -0.3 is 4.90 Å². The summed E-state index contributed by atoms with van der Waals surface area (Å²) >= 11 is 0. The topological polar surface area (TPSA) is 110 Å². The number of halogens is 3. The molecule has 0 bridgehead atoms. The van der Waals surface area contributed by atoms with Crippen LogP contribution >= 0.6 is 0 Å². The summed E-state index contributed by atoms with van der Waals surface area (Å²) in [5.74, 6) is -1.15. The van der Waals surface area contributed by atoms with Crippen LogP contribution < -0.4 is 0 Å². The molecule has 9 nitrogen and oxygen atoms in total. The van der Waals surface area contributed by atoms with Crippen molar-refractivity contribution in [3.8, 4) is 0 Å². The minimum Gasteiger partial charge on any atom is -0.325 e. The highest BCUT2D eigenvalue weighted by molar-refractivity contribution is 7.89. The van der Waals surface area contributed by atoms with Crippen molar-refractivity contribution >= 4 is 21.6 Å². The lowest BCUT2D eigenvalue weighted by molar-refractivity contribution is -0.385. The fourth-order valence-electron chi connectivity index (χ4n) is 2.66. The Labute approximate surface area is 175 Å². The average Bonchev–Trinajstić information content (AvgIpc) is 2.71. The van der Waals surface area contributed by atoms with Gasteiger partial charge in [-0.15, -0.1) is 0 Å². The maximum atomic E-state index is 13.1. The SMILES string of the molecule is CON(C)S(=O)(=O)c1cccc(C(=O)N(Cc2ccccc2[N+](=O)[O-])CC(F)(F)F)c1. The number of amides is 1. The third-order valence-corrected chi connectivity index (χ3v) is 5.86. The monoisotopic (exact) mass is 461 g/mol. The van der Waals surface area contributed by atoms with E-state index in [0.29, 0.717) is 9.37 Å². The molecular formula is C18H18F3N3O6S. The quantitative estimate of drug-likeness (QED) is 0.442. The van der Waals surface area contributed by atoms with Crippen LogP contribution in [0, 0.1) is 10.1 Å². The van der Waals surface area contributed by atoms with Crippen LogP contribution in [0.2, 0.25) is 0 Å². The number of nitrogens with zero attached hydrogens (tertiary/aromatic N) is 3. The Kier molecular flexibility index (Phi) is 7.36. The molecule has 0 aliphatic heterocycles. The lowest BCUT2D eigenvalue weighted by Gasteiger charge is -2.24. The number of nitro benzene ring substituents is 1. The molecule has 31 heavy (non-hydrogen) atoms. The van der Waals surface area contributed by atoms with Gasteiger partial charge in [0.15, 0.2) is 0 Å². The summed E-state index contributed by atoms with van der Waals surface area (Å²) in [7, 11) is -1.95. The van der Waals surface area contributed by atoms with Gasteiger partial charge in [0.05, 0.1) is 23.5 Å². The van der Waals surface area contributed by atoms with Gasteiger partial charge in [0.25, 0.3) is 21.6 Å². The zero-order chi connectivity index (χ0) is 23.4. The van der Waals surface area contributed by atoms with Crippen molar-refractivity contribution in [2.75, 3.05) is 20.7 Å². The lowest BCUT2D eigenvalue weighted by Crippen LogP contribution is -2.38. The van der Waals surface area contributed by atoms with Crippen molar-refractivity contribution in [3.63, 3.8) is 0 Å². The summed E-state index contributed by atoms with van der Waals surface area (Å²) in [5.41, 5.74) is -0.887. The van der Waals surface area contributed by atoms with Gasteiger partial charge in [-0.05, 0) is 18.2 Å². The number of carbonyl (C=O) groups is 1. The fraction of sp³-hybridized carbons (Fsp3) is 0.278. The Balaban J connectivity index is 2.46. The van der Waals surface area contributed by atoms with Gasteiger partial charge in [0.1, 0.15) is 6.54 Å². The zero-order valence-corrected chi connectivity index (χ0v) is 17.2. The van der Waals surface area contributed by atoms with E-state index in [0.717, 1.165) is 38.4 Å². The van der Waals surface area contributed by atoms with Crippen LogP contribution in [0.25, 0.3) is 0 Å². The van der Waals surface area contributed by atoms with E-state index in [9.17, 15) is 36.5 Å². The first-order valence-corrected chi connectivity index (χ1v) is 10.0. The Morgan fingerprint density at radius 2 is 1.81 bits per heavy atom. The first-order chi connectivity index (χ1) is 14.4. The smallest absolute Gasteiger partial charge is 0.325 e. The first-order valence-electron chi connectivity index (χ1n) is 8.58. The summed E-state index contributed by atoms with van der Waals surface area (Å²) in [6, 6.07) is 9.50. The zero-order valence-electron chi connectivity index (χ0n) is 16.4. The van der Waals surface area contributed by atoms with E-state index in [-0.39, 0.29) is 16.0 Å². The summed E-state index contributed by atoms with van der Waals surface area (Å²) in [5, 5.41) is 11.2. The first kappa shape index (κ1) is 24.2. The molecular weight excluding hydrogens is 443 g/mol. The number of para-hydroxylation sites is 1. The maximum Gasteiger partial charge on any atom is 0.406 e. The number of rotatable bonds is 8. The van der Waals surface area contributed by atoms with Gasteiger partial charge in [-0.25, -0.2) is 8.42 Å². The van der Waals surface area contributed by atoms with E-state index in [2.05, 4.69) is 4.84 Å². The van der Waals surface area contributed by atoms with E-state index in [4.69, 9.17) is 0 Å². The lowest BCUT2D eigenvalue weighted by atomic mass is 10.1. The van der Waals surface area contributed by atoms with E-state index in [1.165, 1.54) is 24.3 Å². The molecule has 0 radical (unpaired) electrons. The number of benzene rings is 2. The van der Waals surface area contributed by atoms with Gasteiger partial charge >= 0.3 is 6.18 Å². The minimum absolute atomic E-state index is 0.104. The molecule has 0 aliphatic rings. The third kappa shape index (κ3) is 5.99. The van der Waals surface area contributed by atoms with Crippen LogP contribution in [0.4, 0.5) is 18.9 Å². The average molecular weight is 461 g/mol. The number of alkyl halides is 3. The molecule has 0 unspecified atom stereocenters. The van der Waals surface area contributed by atoms with Crippen LogP contribution in [-0.2, 0) is 21.4 Å². The number of hydrogen-bond donors (Lipinski definition) is 0. The van der Waals surface area contributed by atoms with E-state index < -0.39 is 45.8 Å². The maximum absolute atomic E-state index is 13.1. The fourth-order valence-corrected chi connectivity index (χ4v) is 3.68. The summed E-state index contributed by atoms with van der Waals surface area (Å²) in [6.07, 6.45) is -4.79. The van der Waals surface area contributed by atoms with Crippen molar-refractivity contribution in [1.82, 2.24) is 9.37 Å². The van der Waals surface area contributed by atoms with Gasteiger partial charge in [0.2, 0.25) is 0 Å². The van der Waals surface area contributed by atoms with Gasteiger partial charge in [-0.3, -0.25) is 19.7 Å². The van der Waals surface area contributed by atoms with Gasteiger partial charge in [0, 0.05) is 24.2 Å². The third-order valence-electron chi connectivity index (χ3n) is 4.18. The molecule has 1 amide bonds. The van der Waals surface area contributed by atoms with Gasteiger partial charge in [-0.2, -0.15) is 13.2 Å². The van der Waals surface area contributed by atoms with Crippen molar-refractivity contribution in [1.29, 1.82) is 0 Å². The Hall–Kier alpha value is -3.03. The molecule has 0 heterocycles. The molecule has 0 saturated heterocycles. The molecule has 0 fully saturated rings. The highest BCUT2D eigenvalue weighted by Gasteiger charge is 2.34. The van der Waals surface area contributed by atoms with Crippen molar-refractivity contribution in [3.05, 3.63) is 69.8 Å². The van der Waals surface area contributed by atoms with Gasteiger partial charge in [-0.1, -0.05) is 28.7 Å². The predicted molar refractivity (Wildman–Crippen MR) is 102 cm³/mol. The molecule has 168 valence electrons. The Morgan fingerprint density at radius 1 is 1.16 bits per heavy atom. The van der Waals surface area contributed by atoms with E-state index in [1.54, 1.807) is 0 Å². The normalized spacial score (nSPS) is 12.1. The highest BCUT2D eigenvalue weighted by atomic mass is 32.2. The molecule has 2 aromatic carbocycles. The number of nitro groups is 1. The molecule has 0 saturated carbocycles. The number of hydrogen-bond acceptors (Lipinski definition) is 6. The second-order valence-electron chi connectivity index (χ2n) is 6.29. The summed E-state index contributed by atoms with van der Waals surface area (Å²) in [6.45, 7) is -2.39. The van der Waals surface area contributed by atoms with E-state index in [1.807, 2.05) is 0 Å². The molecule has 0 atom stereocenters. The van der Waals surface area contributed by atoms with Crippen molar-refractivity contribution in [2.45, 2.75) is 17.6 Å². The van der Waals surface area contributed by atoms with E-state index >= 15 is 0 Å². The van der Waals surface area contributed by atoms with Crippen LogP contribution in [0.5, 0.6) is 0 Å². The minimum atomic E-state index is -4.79. The second kappa shape index (κ2) is 9.41. The standard InChI is InChI=1S/C18H18F3N3O6S/c1-22(30-2)31(28,29)15-8-5-7-13(10-15)17(25)23(12-18(19,20)21)11-14-6-3-4-9-16(14)24(26)27/h3-10H,11-12H2,1-2H3. The van der Waals surface area contributed by atoms with Crippen LogP contribution in [0.1, 0.15) is 15.9 Å². The van der Waals surface area contributed by atoms with Crippen LogP contribution in [0.3, 0.4) is 0 Å². The number of sulfonamides is 1. The van der Waals surface area contributed by atoms with Crippen molar-refractivity contribution in [2.24, 2.45) is 0 Å². The molecule has 0 N–H and O–H groups in total. The Bertz CT molecular complexity index is 1080. The highest BCUT2D eigenvalue weighted by Crippen LogP contribution is 2.25. The molecule has 0 aliphatic carbocycles. The van der Waals surface area contributed by atoms with Crippen LogP contribution in [-0.4, -0.2) is 55.5 Å². The number of carbonyl (C=O) groups excluding carboxylic acids is 1. The predicted octanol–water partition coefficient (Wildman–Crippen LogP) is 2.98. The second-order valence-corrected chi connectivity index (χ2v) is 8.22. The van der Waals surface area contributed by atoms with Crippen molar-refractivity contribution < 1.29 is 36.1 Å². The molecule has 2 aromatic rings. The molecule has 0 spiro atoms.